The second-order valence-electron chi connectivity index (χ2n) is 5.69. The lowest BCUT2D eigenvalue weighted by atomic mass is 10.1. The van der Waals surface area contributed by atoms with Gasteiger partial charge in [0.15, 0.2) is 11.6 Å². The van der Waals surface area contributed by atoms with E-state index in [4.69, 9.17) is 14.9 Å². The van der Waals surface area contributed by atoms with E-state index in [-0.39, 0.29) is 17.2 Å². The van der Waals surface area contributed by atoms with Crippen LogP contribution >= 0.6 is 0 Å². The molecule has 10 heteroatoms. The maximum absolute atomic E-state index is 14.1. The van der Waals surface area contributed by atoms with Gasteiger partial charge in [0.2, 0.25) is 0 Å². The number of alkyl halides is 2. The molecule has 1 heterocycles. The summed E-state index contributed by atoms with van der Waals surface area (Å²) in [6.07, 6.45) is 1.07. The highest BCUT2D eigenvalue weighted by Gasteiger charge is 2.43. The number of amidine groups is 1. The first-order chi connectivity index (χ1) is 12.3. The van der Waals surface area contributed by atoms with E-state index in [1.165, 1.54) is 24.5 Å². The predicted octanol–water partition coefficient (Wildman–Crippen LogP) is 2.78. The molecule has 1 aromatic heterocycles. The van der Waals surface area contributed by atoms with Crippen molar-refractivity contribution in [3.63, 3.8) is 0 Å². The van der Waals surface area contributed by atoms with Crippen LogP contribution in [0.2, 0.25) is 0 Å². The first-order valence-electron chi connectivity index (χ1n) is 7.64. The maximum Gasteiger partial charge on any atom is 0.336 e. The molecule has 1 saturated carbocycles. The van der Waals surface area contributed by atoms with Crippen molar-refractivity contribution in [1.82, 2.24) is 4.98 Å². The summed E-state index contributed by atoms with van der Waals surface area (Å²) < 4.78 is 48.3. The number of benzene rings is 1. The molecule has 0 bridgehead atoms. The van der Waals surface area contributed by atoms with Crippen LogP contribution in [-0.4, -0.2) is 29.6 Å². The number of anilines is 1. The summed E-state index contributed by atoms with van der Waals surface area (Å²) in [7, 11) is 0. The van der Waals surface area contributed by atoms with Gasteiger partial charge in [0.1, 0.15) is 18.2 Å². The van der Waals surface area contributed by atoms with Gasteiger partial charge in [-0.25, -0.2) is 9.37 Å². The first-order valence-corrected chi connectivity index (χ1v) is 7.64. The molecule has 3 N–H and O–H groups in total. The number of aryl methyl sites for hydroxylation is 1. The number of nitrogens with two attached hydrogens (primary N) is 1. The van der Waals surface area contributed by atoms with Gasteiger partial charge in [-0.2, -0.15) is 13.8 Å². The summed E-state index contributed by atoms with van der Waals surface area (Å²) >= 11 is 0. The standard InChI is InChI=1S/C16H15F3N4O3/c1-7-21-12(6-25-7)14(24)22-8-2-3-11(17)9(4-8)10-5-13(10)26-16(20)23-15(18)19/h2-4,6,10,13,15H,5H2,1H3,(H2,20,23)(H,22,24)/t10-,13-/m1/s1. The van der Waals surface area contributed by atoms with Gasteiger partial charge in [0, 0.05) is 18.5 Å². The third-order valence-electron chi connectivity index (χ3n) is 3.73. The van der Waals surface area contributed by atoms with Crippen LogP contribution < -0.4 is 11.1 Å². The largest absolute Gasteiger partial charge is 0.461 e. The fraction of sp³-hybridized carbons (Fsp3) is 0.312. The molecule has 1 aliphatic rings. The molecule has 1 fully saturated rings. The van der Waals surface area contributed by atoms with E-state index in [0.717, 1.165) is 0 Å². The zero-order valence-corrected chi connectivity index (χ0v) is 13.6. The lowest BCUT2D eigenvalue weighted by Gasteiger charge is -2.08. The highest BCUT2D eigenvalue weighted by atomic mass is 19.3. The smallest absolute Gasteiger partial charge is 0.336 e. The van der Waals surface area contributed by atoms with Gasteiger partial charge in [-0.3, -0.25) is 4.79 Å². The van der Waals surface area contributed by atoms with E-state index in [9.17, 15) is 18.0 Å². The molecule has 1 aromatic carbocycles. The number of carbonyl (C=O) groups excluding carboxylic acids is 1. The lowest BCUT2D eigenvalue weighted by molar-refractivity contribution is 0.102. The molecule has 1 aliphatic carbocycles. The van der Waals surface area contributed by atoms with Crippen LogP contribution in [0.25, 0.3) is 0 Å². The molecule has 0 unspecified atom stereocenters. The molecule has 26 heavy (non-hydrogen) atoms. The monoisotopic (exact) mass is 368 g/mol. The van der Waals surface area contributed by atoms with Crippen molar-refractivity contribution in [2.75, 3.05) is 5.32 Å². The van der Waals surface area contributed by atoms with Crippen molar-refractivity contribution < 1.29 is 27.1 Å². The highest BCUT2D eigenvalue weighted by molar-refractivity contribution is 6.02. The minimum Gasteiger partial charge on any atom is -0.461 e. The van der Waals surface area contributed by atoms with E-state index in [0.29, 0.717) is 18.0 Å². The molecular formula is C16H15F3N4O3. The number of rotatable bonds is 5. The van der Waals surface area contributed by atoms with Gasteiger partial charge < -0.3 is 20.2 Å². The molecular weight excluding hydrogens is 353 g/mol. The molecule has 0 aliphatic heterocycles. The Morgan fingerprint density at radius 3 is 2.92 bits per heavy atom. The summed E-state index contributed by atoms with van der Waals surface area (Å²) in [5, 5.41) is 2.59. The first kappa shape index (κ1) is 17.8. The fourth-order valence-corrected chi connectivity index (χ4v) is 2.48. The maximum atomic E-state index is 14.1. The number of halogens is 3. The topological polar surface area (TPSA) is 103 Å². The van der Waals surface area contributed by atoms with Crippen molar-refractivity contribution in [1.29, 1.82) is 0 Å². The van der Waals surface area contributed by atoms with Crippen molar-refractivity contribution in [2.24, 2.45) is 10.7 Å². The van der Waals surface area contributed by atoms with Gasteiger partial charge in [-0.15, -0.1) is 0 Å². The van der Waals surface area contributed by atoms with E-state index in [1.807, 2.05) is 0 Å². The molecule has 0 saturated heterocycles. The van der Waals surface area contributed by atoms with Crippen molar-refractivity contribution >= 4 is 17.6 Å². The second kappa shape index (κ2) is 7.06. The SMILES string of the molecule is Cc1nc(C(=O)Nc2ccc(F)c([C@H]3C[C@H]3O/C(N)=N\C(F)F)c2)co1. The number of ether oxygens (including phenoxy) is 1. The number of aliphatic imine (C=N–C) groups is 1. The quantitative estimate of drug-likeness (QED) is 0.480. The van der Waals surface area contributed by atoms with Crippen LogP contribution in [0.5, 0.6) is 0 Å². The Hall–Kier alpha value is -3.04. The third kappa shape index (κ3) is 4.13. The van der Waals surface area contributed by atoms with E-state index in [1.54, 1.807) is 6.92 Å². The Bertz CT molecular complexity index is 853. The summed E-state index contributed by atoms with van der Waals surface area (Å²) in [6.45, 7) is -1.37. The van der Waals surface area contributed by atoms with Gasteiger partial charge in [-0.05, 0) is 30.2 Å². The van der Waals surface area contributed by atoms with Crippen LogP contribution in [0.4, 0.5) is 18.9 Å². The molecule has 138 valence electrons. The Morgan fingerprint density at radius 2 is 2.27 bits per heavy atom. The van der Waals surface area contributed by atoms with Crippen LogP contribution in [0.3, 0.4) is 0 Å². The Kier molecular flexibility index (Phi) is 4.83. The molecule has 7 nitrogen and oxygen atoms in total. The number of aromatic nitrogens is 1. The van der Waals surface area contributed by atoms with Crippen LogP contribution in [-0.2, 0) is 4.74 Å². The summed E-state index contributed by atoms with van der Waals surface area (Å²) in [6, 6.07) is 3.41. The summed E-state index contributed by atoms with van der Waals surface area (Å²) in [4.78, 5) is 18.7. The molecule has 2 aromatic rings. The van der Waals surface area contributed by atoms with E-state index in [2.05, 4.69) is 15.3 Å². The molecule has 3 rings (SSSR count). The number of oxazole rings is 1. The Labute approximate surface area is 146 Å². The number of hydrogen-bond acceptors (Lipinski definition) is 5. The number of hydrogen-bond donors (Lipinski definition) is 2. The lowest BCUT2D eigenvalue weighted by Crippen LogP contribution is -2.19. The van der Waals surface area contributed by atoms with Crippen LogP contribution in [0.15, 0.2) is 33.9 Å². The normalized spacial score (nSPS) is 19.5. The summed E-state index contributed by atoms with van der Waals surface area (Å²) in [5.74, 6) is -1.03. The number of carbonyl (C=O) groups is 1. The van der Waals surface area contributed by atoms with Gasteiger partial charge >= 0.3 is 6.55 Å². The molecule has 1 amide bonds. The minimum atomic E-state index is -2.97. The number of amides is 1. The van der Waals surface area contributed by atoms with Crippen molar-refractivity contribution in [3.05, 3.63) is 47.4 Å². The molecule has 0 spiro atoms. The Balaban J connectivity index is 1.68. The van der Waals surface area contributed by atoms with Crippen LogP contribution in [0.1, 0.15) is 34.3 Å². The second-order valence-corrected chi connectivity index (χ2v) is 5.69. The zero-order chi connectivity index (χ0) is 18.8. The summed E-state index contributed by atoms with van der Waals surface area (Å²) in [5.41, 5.74) is 5.97. The average Bonchev–Trinajstić information content (AvgIpc) is 3.16. The van der Waals surface area contributed by atoms with Crippen molar-refractivity contribution in [3.8, 4) is 0 Å². The minimum absolute atomic E-state index is 0.0944. The zero-order valence-electron chi connectivity index (χ0n) is 13.6. The predicted molar refractivity (Wildman–Crippen MR) is 85.5 cm³/mol. The van der Waals surface area contributed by atoms with Crippen LogP contribution in [0, 0.1) is 12.7 Å². The fourth-order valence-electron chi connectivity index (χ4n) is 2.48. The highest BCUT2D eigenvalue weighted by Crippen LogP contribution is 2.45. The third-order valence-corrected chi connectivity index (χ3v) is 3.73. The average molecular weight is 368 g/mol. The Morgan fingerprint density at radius 1 is 1.50 bits per heavy atom. The van der Waals surface area contributed by atoms with Crippen molar-refractivity contribution in [2.45, 2.75) is 31.9 Å². The van der Waals surface area contributed by atoms with Gasteiger partial charge in [0.05, 0.1) is 0 Å². The van der Waals surface area contributed by atoms with Gasteiger partial charge in [0.25, 0.3) is 11.9 Å². The number of nitrogens with zero attached hydrogens (tertiary/aromatic N) is 2. The van der Waals surface area contributed by atoms with Gasteiger partial charge in [-0.1, -0.05) is 0 Å². The molecule has 0 radical (unpaired) electrons. The number of nitrogens with one attached hydrogen (secondary N) is 1. The molecule has 2 atom stereocenters. The van der Waals surface area contributed by atoms with E-state index >= 15 is 0 Å². The van der Waals surface area contributed by atoms with E-state index < -0.39 is 30.4 Å².